The molecule has 172 valence electrons. The van der Waals surface area contributed by atoms with E-state index in [9.17, 15) is 18.0 Å². The van der Waals surface area contributed by atoms with Gasteiger partial charge < -0.3 is 14.4 Å². The normalized spacial score (nSPS) is 19.8. The van der Waals surface area contributed by atoms with Gasteiger partial charge in [0.1, 0.15) is 0 Å². The van der Waals surface area contributed by atoms with Gasteiger partial charge in [-0.05, 0) is 56.9 Å². The third kappa shape index (κ3) is 6.51. The Morgan fingerprint density at radius 2 is 1.81 bits per heavy atom. The third-order valence-electron chi connectivity index (χ3n) is 5.93. The van der Waals surface area contributed by atoms with E-state index in [1.165, 1.54) is 30.7 Å². The molecule has 1 aromatic rings. The second-order valence-corrected chi connectivity index (χ2v) is 9.83. The zero-order chi connectivity index (χ0) is 22.3. The maximum Gasteiger partial charge on any atom is 0.338 e. The number of benzene rings is 1. The first kappa shape index (κ1) is 23.7. The summed E-state index contributed by atoms with van der Waals surface area (Å²) < 4.78 is 38.0. The molecule has 0 radical (unpaired) electrons. The molecule has 2 aliphatic rings. The standard InChI is InChI=1S/C22H32N2O6S/c1-2-24(18-7-4-3-5-8-18)21(25)16-30-22(26)17-10-12-20(13-11-17)31(27,28)23-15-19-9-6-14-29-19/h10-13,18-19,23H,2-9,14-16H2,1H3. The van der Waals surface area contributed by atoms with Crippen molar-refractivity contribution in [2.75, 3.05) is 26.3 Å². The van der Waals surface area contributed by atoms with Crippen molar-refractivity contribution in [3.63, 3.8) is 0 Å². The maximum absolute atomic E-state index is 12.5. The summed E-state index contributed by atoms with van der Waals surface area (Å²) in [7, 11) is -3.69. The van der Waals surface area contributed by atoms with E-state index in [-0.39, 0.29) is 41.7 Å². The average molecular weight is 453 g/mol. The van der Waals surface area contributed by atoms with Crippen LogP contribution in [0, 0.1) is 0 Å². The molecular weight excluding hydrogens is 420 g/mol. The van der Waals surface area contributed by atoms with Crippen LogP contribution in [0.4, 0.5) is 0 Å². The van der Waals surface area contributed by atoms with Crippen molar-refractivity contribution >= 4 is 21.9 Å². The fraction of sp³-hybridized carbons (Fsp3) is 0.636. The van der Waals surface area contributed by atoms with Crippen LogP contribution in [-0.4, -0.2) is 63.6 Å². The third-order valence-corrected chi connectivity index (χ3v) is 7.37. The summed E-state index contributed by atoms with van der Waals surface area (Å²) in [6.45, 7) is 3.09. The zero-order valence-electron chi connectivity index (χ0n) is 18.0. The first-order chi connectivity index (χ1) is 14.9. The fourth-order valence-electron chi connectivity index (χ4n) is 4.19. The van der Waals surface area contributed by atoms with E-state index in [1.807, 2.05) is 6.92 Å². The van der Waals surface area contributed by atoms with Crippen LogP contribution in [0.5, 0.6) is 0 Å². The predicted octanol–water partition coefficient (Wildman–Crippen LogP) is 2.48. The molecule has 1 heterocycles. The van der Waals surface area contributed by atoms with Gasteiger partial charge in [0.2, 0.25) is 10.0 Å². The second kappa shape index (κ2) is 11.1. The SMILES string of the molecule is CCN(C(=O)COC(=O)c1ccc(S(=O)(=O)NCC2CCCO2)cc1)C1CCCCC1. The Labute approximate surface area is 184 Å². The van der Waals surface area contributed by atoms with Crippen molar-refractivity contribution in [1.29, 1.82) is 0 Å². The minimum atomic E-state index is -3.69. The Bertz CT molecular complexity index is 843. The zero-order valence-corrected chi connectivity index (χ0v) is 18.9. The smallest absolute Gasteiger partial charge is 0.338 e. The van der Waals surface area contributed by atoms with Crippen LogP contribution in [0.1, 0.15) is 62.2 Å². The van der Waals surface area contributed by atoms with Crippen LogP contribution < -0.4 is 4.72 Å². The second-order valence-electron chi connectivity index (χ2n) is 8.06. The number of likely N-dealkylation sites (N-methyl/N-ethyl adjacent to an activating group) is 1. The Morgan fingerprint density at radius 3 is 2.42 bits per heavy atom. The van der Waals surface area contributed by atoms with E-state index in [1.54, 1.807) is 4.90 Å². The number of ether oxygens (including phenoxy) is 2. The highest BCUT2D eigenvalue weighted by atomic mass is 32.2. The van der Waals surface area contributed by atoms with Crippen LogP contribution >= 0.6 is 0 Å². The van der Waals surface area contributed by atoms with E-state index in [2.05, 4.69) is 4.72 Å². The highest BCUT2D eigenvalue weighted by molar-refractivity contribution is 7.89. The summed E-state index contributed by atoms with van der Waals surface area (Å²) in [4.78, 5) is 26.7. The molecule has 1 aliphatic heterocycles. The first-order valence-corrected chi connectivity index (χ1v) is 12.6. The van der Waals surface area contributed by atoms with Crippen LogP contribution in [0.2, 0.25) is 0 Å². The highest BCUT2D eigenvalue weighted by Gasteiger charge is 2.25. The number of sulfonamides is 1. The Morgan fingerprint density at radius 1 is 1.10 bits per heavy atom. The monoisotopic (exact) mass is 452 g/mol. The minimum absolute atomic E-state index is 0.0626. The van der Waals surface area contributed by atoms with Crippen LogP contribution in [0.15, 0.2) is 29.2 Å². The molecule has 0 spiro atoms. The lowest BCUT2D eigenvalue weighted by Crippen LogP contribution is -2.43. The molecule has 0 aromatic heterocycles. The van der Waals surface area contributed by atoms with E-state index < -0.39 is 16.0 Å². The number of hydrogen-bond donors (Lipinski definition) is 1. The van der Waals surface area contributed by atoms with Crippen molar-refractivity contribution in [1.82, 2.24) is 9.62 Å². The van der Waals surface area contributed by atoms with Gasteiger partial charge in [-0.2, -0.15) is 0 Å². The van der Waals surface area contributed by atoms with Crippen molar-refractivity contribution in [3.05, 3.63) is 29.8 Å². The first-order valence-electron chi connectivity index (χ1n) is 11.1. The van der Waals surface area contributed by atoms with Gasteiger partial charge in [-0.3, -0.25) is 4.79 Å². The predicted molar refractivity (Wildman–Crippen MR) is 115 cm³/mol. The lowest BCUT2D eigenvalue weighted by molar-refractivity contribution is -0.137. The molecule has 0 bridgehead atoms. The molecule has 3 rings (SSSR count). The number of carbonyl (C=O) groups is 2. The van der Waals surface area contributed by atoms with E-state index >= 15 is 0 Å². The number of carbonyl (C=O) groups excluding carboxylic acids is 2. The van der Waals surface area contributed by atoms with Crippen LogP contribution in [0.3, 0.4) is 0 Å². The van der Waals surface area contributed by atoms with Crippen molar-refractivity contribution in [2.45, 2.75) is 68.9 Å². The van der Waals surface area contributed by atoms with Crippen molar-refractivity contribution < 1.29 is 27.5 Å². The Kier molecular flexibility index (Phi) is 8.45. The highest BCUT2D eigenvalue weighted by Crippen LogP contribution is 2.22. The number of nitrogens with one attached hydrogen (secondary N) is 1. The molecule has 31 heavy (non-hydrogen) atoms. The Hall–Kier alpha value is -1.97. The van der Waals surface area contributed by atoms with Gasteiger partial charge in [-0.25, -0.2) is 17.9 Å². The summed E-state index contributed by atoms with van der Waals surface area (Å²) in [5, 5.41) is 0. The fourth-order valence-corrected chi connectivity index (χ4v) is 5.25. The van der Waals surface area contributed by atoms with Gasteiger partial charge >= 0.3 is 5.97 Å². The average Bonchev–Trinajstić information content (AvgIpc) is 3.31. The molecule has 1 aromatic carbocycles. The van der Waals surface area contributed by atoms with E-state index in [0.717, 1.165) is 38.5 Å². The quantitative estimate of drug-likeness (QED) is 0.578. The number of nitrogens with zero attached hydrogens (tertiary/aromatic N) is 1. The molecule has 2 fully saturated rings. The molecule has 1 N–H and O–H groups in total. The van der Waals surface area contributed by atoms with E-state index in [0.29, 0.717) is 13.2 Å². The summed E-state index contributed by atoms with van der Waals surface area (Å²) >= 11 is 0. The molecule has 9 heteroatoms. The van der Waals surface area contributed by atoms with Crippen LogP contribution in [0.25, 0.3) is 0 Å². The Balaban J connectivity index is 1.51. The molecule has 1 amide bonds. The molecule has 1 aliphatic carbocycles. The van der Waals surface area contributed by atoms with Crippen molar-refractivity contribution in [3.8, 4) is 0 Å². The van der Waals surface area contributed by atoms with E-state index in [4.69, 9.17) is 9.47 Å². The lowest BCUT2D eigenvalue weighted by Gasteiger charge is -2.33. The number of rotatable bonds is 9. The molecule has 1 saturated heterocycles. The molecule has 8 nitrogen and oxygen atoms in total. The van der Waals surface area contributed by atoms with Gasteiger partial charge in [-0.1, -0.05) is 19.3 Å². The largest absolute Gasteiger partial charge is 0.452 e. The van der Waals surface area contributed by atoms with Crippen LogP contribution in [-0.2, 0) is 24.3 Å². The molecule has 1 saturated carbocycles. The molecular formula is C22H32N2O6S. The summed E-state index contributed by atoms with van der Waals surface area (Å²) in [5.41, 5.74) is 0.201. The molecule has 1 unspecified atom stereocenters. The van der Waals surface area contributed by atoms with Crippen molar-refractivity contribution in [2.24, 2.45) is 0 Å². The van der Waals surface area contributed by atoms with Gasteiger partial charge in [0.05, 0.1) is 16.6 Å². The topological polar surface area (TPSA) is 102 Å². The minimum Gasteiger partial charge on any atom is -0.452 e. The van der Waals surface area contributed by atoms with Gasteiger partial charge in [-0.15, -0.1) is 0 Å². The summed E-state index contributed by atoms with van der Waals surface area (Å²) in [6.07, 6.45) is 7.09. The number of amides is 1. The summed E-state index contributed by atoms with van der Waals surface area (Å²) in [5.74, 6) is -0.843. The van der Waals surface area contributed by atoms with Gasteiger partial charge in [0.25, 0.3) is 5.91 Å². The van der Waals surface area contributed by atoms with Gasteiger partial charge in [0.15, 0.2) is 6.61 Å². The summed E-state index contributed by atoms with van der Waals surface area (Å²) in [6, 6.07) is 5.72. The maximum atomic E-state index is 12.5. The lowest BCUT2D eigenvalue weighted by atomic mass is 9.94. The molecule has 1 atom stereocenters. The number of esters is 1. The van der Waals surface area contributed by atoms with Gasteiger partial charge in [0, 0.05) is 25.7 Å². The number of hydrogen-bond acceptors (Lipinski definition) is 6.